The molecule has 1 fully saturated rings. The van der Waals surface area contributed by atoms with Gasteiger partial charge in [-0.3, -0.25) is 14.2 Å². The van der Waals surface area contributed by atoms with Gasteiger partial charge in [-0.05, 0) is 36.6 Å². The molecule has 8 heteroatoms. The van der Waals surface area contributed by atoms with Gasteiger partial charge in [0.25, 0.3) is 0 Å². The summed E-state index contributed by atoms with van der Waals surface area (Å²) in [6.45, 7) is 2.44. The highest BCUT2D eigenvalue weighted by molar-refractivity contribution is 7.93. The lowest BCUT2D eigenvalue weighted by molar-refractivity contribution is -0.117. The molecule has 1 saturated heterocycles. The summed E-state index contributed by atoms with van der Waals surface area (Å²) in [6, 6.07) is 14.9. The Labute approximate surface area is 163 Å². The average Bonchev–Trinajstić information content (AvgIpc) is 3.25. The number of nitrogens with one attached hydrogen (secondary N) is 2. The summed E-state index contributed by atoms with van der Waals surface area (Å²) in [5, 5.41) is 10.7. The van der Waals surface area contributed by atoms with Crippen LogP contribution in [0, 0.1) is 0 Å². The molecule has 0 radical (unpaired) electrons. The summed E-state index contributed by atoms with van der Waals surface area (Å²) in [7, 11) is -3.27. The van der Waals surface area contributed by atoms with Gasteiger partial charge in [0.1, 0.15) is 0 Å². The van der Waals surface area contributed by atoms with Crippen molar-refractivity contribution < 1.29 is 13.2 Å². The minimum atomic E-state index is -3.27. The van der Waals surface area contributed by atoms with Gasteiger partial charge in [-0.2, -0.15) is 5.10 Å². The van der Waals surface area contributed by atoms with E-state index in [4.69, 9.17) is 0 Å². The number of hydrogen-bond donors (Lipinski definition) is 2. The van der Waals surface area contributed by atoms with Gasteiger partial charge in [-0.15, -0.1) is 0 Å². The van der Waals surface area contributed by atoms with Crippen LogP contribution in [-0.2, 0) is 14.8 Å². The smallest absolute Gasteiger partial charge is 0.235 e. The molecule has 1 aromatic heterocycles. The van der Waals surface area contributed by atoms with Gasteiger partial charge in [0, 0.05) is 11.9 Å². The molecule has 4 rings (SSSR count). The van der Waals surface area contributed by atoms with Crippen molar-refractivity contribution in [2.75, 3.05) is 21.9 Å². The third kappa shape index (κ3) is 3.35. The predicted molar refractivity (Wildman–Crippen MR) is 110 cm³/mol. The Hall–Kier alpha value is -2.87. The topological polar surface area (TPSA) is 95.2 Å². The van der Waals surface area contributed by atoms with Crippen LogP contribution in [-0.4, -0.2) is 36.8 Å². The standard InChI is InChI=1S/C20H22N4O3S/c1-2-16(14-7-4-3-5-8-14)20(25)21-19-17-13-15(9-10-18(17)22-23-19)24-11-6-12-28(24,26)27/h3-5,7-10,13,16H,2,6,11-12H2,1H3,(H2,21,22,23,25). The monoisotopic (exact) mass is 398 g/mol. The normalized spacial score (nSPS) is 17.0. The SMILES string of the molecule is CCC(C(=O)Nc1n[nH]c2ccc(N3CCCS3(=O)=O)cc12)c1ccccc1. The van der Waals surface area contributed by atoms with E-state index in [0.29, 0.717) is 36.3 Å². The molecule has 1 atom stereocenters. The first-order valence-electron chi connectivity index (χ1n) is 9.34. The Kier molecular flexibility index (Phi) is 4.80. The molecule has 7 nitrogen and oxygen atoms in total. The van der Waals surface area contributed by atoms with Gasteiger partial charge in [-0.1, -0.05) is 37.3 Å². The third-order valence-electron chi connectivity index (χ3n) is 5.10. The highest BCUT2D eigenvalue weighted by Crippen LogP contribution is 2.31. The Morgan fingerprint density at radius 2 is 2.04 bits per heavy atom. The number of nitrogens with zero attached hydrogens (tertiary/aromatic N) is 2. The lowest BCUT2D eigenvalue weighted by atomic mass is 9.95. The molecule has 2 aromatic carbocycles. The van der Waals surface area contributed by atoms with Crippen molar-refractivity contribution in [2.24, 2.45) is 0 Å². The van der Waals surface area contributed by atoms with Crippen molar-refractivity contribution in [3.8, 4) is 0 Å². The molecular formula is C20H22N4O3S. The van der Waals surface area contributed by atoms with Gasteiger partial charge < -0.3 is 5.32 Å². The van der Waals surface area contributed by atoms with E-state index in [1.54, 1.807) is 18.2 Å². The summed E-state index contributed by atoms with van der Waals surface area (Å²) in [6.07, 6.45) is 1.28. The number of rotatable bonds is 5. The molecule has 146 valence electrons. The van der Waals surface area contributed by atoms with E-state index in [9.17, 15) is 13.2 Å². The van der Waals surface area contributed by atoms with Crippen LogP contribution in [0.3, 0.4) is 0 Å². The Bertz CT molecular complexity index is 1110. The number of aromatic nitrogens is 2. The zero-order chi connectivity index (χ0) is 19.7. The fraction of sp³-hybridized carbons (Fsp3) is 0.300. The number of amides is 1. The van der Waals surface area contributed by atoms with Crippen LogP contribution in [0.4, 0.5) is 11.5 Å². The highest BCUT2D eigenvalue weighted by Gasteiger charge is 2.29. The molecule has 1 unspecified atom stereocenters. The maximum Gasteiger partial charge on any atom is 0.235 e. The van der Waals surface area contributed by atoms with E-state index in [1.807, 2.05) is 37.3 Å². The summed E-state index contributed by atoms with van der Waals surface area (Å²) >= 11 is 0. The van der Waals surface area contributed by atoms with Crippen molar-refractivity contribution in [3.05, 3.63) is 54.1 Å². The molecule has 3 aromatic rings. The van der Waals surface area contributed by atoms with Crippen LogP contribution >= 0.6 is 0 Å². The van der Waals surface area contributed by atoms with Gasteiger partial charge >= 0.3 is 0 Å². The van der Waals surface area contributed by atoms with E-state index < -0.39 is 10.0 Å². The molecule has 2 N–H and O–H groups in total. The average molecular weight is 398 g/mol. The fourth-order valence-corrected chi connectivity index (χ4v) is 5.20. The summed E-state index contributed by atoms with van der Waals surface area (Å²) in [5.74, 6) is 0.152. The van der Waals surface area contributed by atoms with Crippen LogP contribution in [0.1, 0.15) is 31.2 Å². The largest absolute Gasteiger partial charge is 0.308 e. The van der Waals surface area contributed by atoms with Crippen LogP contribution in [0.15, 0.2) is 48.5 Å². The highest BCUT2D eigenvalue weighted by atomic mass is 32.2. The number of carbonyl (C=O) groups excluding carboxylic acids is 1. The number of carbonyl (C=O) groups is 1. The zero-order valence-electron chi connectivity index (χ0n) is 15.6. The Morgan fingerprint density at radius 1 is 1.25 bits per heavy atom. The fourth-order valence-electron chi connectivity index (χ4n) is 3.64. The number of benzene rings is 2. The Morgan fingerprint density at radius 3 is 2.71 bits per heavy atom. The third-order valence-corrected chi connectivity index (χ3v) is 6.97. The second kappa shape index (κ2) is 7.27. The molecular weight excluding hydrogens is 376 g/mol. The summed E-state index contributed by atoms with van der Waals surface area (Å²) in [5.41, 5.74) is 2.28. The van der Waals surface area contributed by atoms with Crippen LogP contribution in [0.25, 0.3) is 10.9 Å². The molecule has 0 aliphatic carbocycles. The predicted octanol–water partition coefficient (Wildman–Crippen LogP) is 3.24. The zero-order valence-corrected chi connectivity index (χ0v) is 16.4. The Balaban J connectivity index is 1.64. The molecule has 0 spiro atoms. The van der Waals surface area contributed by atoms with Crippen molar-refractivity contribution in [1.82, 2.24) is 10.2 Å². The first-order valence-corrected chi connectivity index (χ1v) is 10.9. The quantitative estimate of drug-likeness (QED) is 0.690. The maximum atomic E-state index is 12.9. The number of aromatic amines is 1. The van der Waals surface area contributed by atoms with Crippen molar-refractivity contribution >= 4 is 38.3 Å². The van der Waals surface area contributed by atoms with Crippen molar-refractivity contribution in [3.63, 3.8) is 0 Å². The number of sulfonamides is 1. The van der Waals surface area contributed by atoms with Gasteiger partial charge in [0.05, 0.1) is 22.9 Å². The van der Waals surface area contributed by atoms with Crippen LogP contribution in [0.2, 0.25) is 0 Å². The second-order valence-corrected chi connectivity index (χ2v) is 8.92. The van der Waals surface area contributed by atoms with Crippen molar-refractivity contribution in [1.29, 1.82) is 0 Å². The van der Waals surface area contributed by atoms with Gasteiger partial charge in [0.2, 0.25) is 15.9 Å². The van der Waals surface area contributed by atoms with E-state index >= 15 is 0 Å². The molecule has 1 amide bonds. The number of fused-ring (bicyclic) bond motifs is 1. The molecule has 1 aliphatic rings. The first-order chi connectivity index (χ1) is 13.5. The lowest BCUT2D eigenvalue weighted by Gasteiger charge is -2.17. The van der Waals surface area contributed by atoms with Crippen LogP contribution in [0.5, 0.6) is 0 Å². The number of hydrogen-bond acceptors (Lipinski definition) is 4. The van der Waals surface area contributed by atoms with E-state index in [-0.39, 0.29) is 17.6 Å². The summed E-state index contributed by atoms with van der Waals surface area (Å²) in [4.78, 5) is 12.9. The molecule has 0 saturated carbocycles. The minimum Gasteiger partial charge on any atom is -0.308 e. The van der Waals surface area contributed by atoms with Gasteiger partial charge in [0.15, 0.2) is 5.82 Å². The minimum absolute atomic E-state index is 0.138. The van der Waals surface area contributed by atoms with E-state index in [0.717, 1.165) is 11.1 Å². The maximum absolute atomic E-state index is 12.9. The number of H-pyrrole nitrogens is 1. The first kappa shape index (κ1) is 18.5. The molecule has 0 bridgehead atoms. The number of anilines is 2. The van der Waals surface area contributed by atoms with Gasteiger partial charge in [-0.25, -0.2) is 8.42 Å². The molecule has 1 aliphatic heterocycles. The second-order valence-electron chi connectivity index (χ2n) is 6.90. The van der Waals surface area contributed by atoms with Crippen molar-refractivity contribution in [2.45, 2.75) is 25.7 Å². The van der Waals surface area contributed by atoms with E-state index in [2.05, 4.69) is 15.5 Å². The van der Waals surface area contributed by atoms with Crippen LogP contribution < -0.4 is 9.62 Å². The van der Waals surface area contributed by atoms with E-state index in [1.165, 1.54) is 4.31 Å². The molecule has 2 heterocycles. The summed E-state index contributed by atoms with van der Waals surface area (Å²) < 4.78 is 25.9. The molecule has 28 heavy (non-hydrogen) atoms. The lowest BCUT2D eigenvalue weighted by Crippen LogP contribution is -2.25.